The molecule has 8 heteroatoms. The Bertz CT molecular complexity index is 641. The fourth-order valence-electron chi connectivity index (χ4n) is 2.58. The van der Waals surface area contributed by atoms with Crippen LogP contribution in [0.2, 0.25) is 0 Å². The molecule has 24 heavy (non-hydrogen) atoms. The maximum Gasteiger partial charge on any atom is 0.243 e. The quantitative estimate of drug-likeness (QED) is 0.725. The number of carbonyl (C=O) groups is 1. The third kappa shape index (κ3) is 5.17. The third-order valence-electron chi connectivity index (χ3n) is 4.06. The molecule has 2 rings (SSSR count). The first-order valence-corrected chi connectivity index (χ1v) is 10.0. The van der Waals surface area contributed by atoms with E-state index in [4.69, 9.17) is 11.6 Å². The van der Waals surface area contributed by atoms with Crippen LogP contribution in [0.4, 0.5) is 0 Å². The van der Waals surface area contributed by atoms with Crippen LogP contribution >= 0.6 is 11.6 Å². The van der Waals surface area contributed by atoms with Gasteiger partial charge in [0, 0.05) is 51.6 Å². The standard InChI is InChI=1S/C16H24ClN3O3S/c1-14-2-4-15(5-3-14)24(22,23)20-12-10-19(11-13-20)9-8-18-16(21)6-7-17/h2-5H,6-13H2,1H3,(H,18,21). The van der Waals surface area contributed by atoms with Crippen molar-refractivity contribution < 1.29 is 13.2 Å². The number of piperazine rings is 1. The molecular weight excluding hydrogens is 350 g/mol. The van der Waals surface area contributed by atoms with E-state index >= 15 is 0 Å². The molecule has 0 bridgehead atoms. The molecule has 1 aliphatic heterocycles. The van der Waals surface area contributed by atoms with Crippen molar-refractivity contribution in [3.05, 3.63) is 29.8 Å². The fourth-order valence-corrected chi connectivity index (χ4v) is 4.17. The van der Waals surface area contributed by atoms with Crippen LogP contribution in [0.1, 0.15) is 12.0 Å². The number of nitrogens with zero attached hydrogens (tertiary/aromatic N) is 2. The first kappa shape index (κ1) is 19.2. The minimum atomic E-state index is -3.42. The lowest BCUT2D eigenvalue weighted by Crippen LogP contribution is -2.50. The Morgan fingerprint density at radius 3 is 2.38 bits per heavy atom. The summed E-state index contributed by atoms with van der Waals surface area (Å²) in [4.78, 5) is 13.8. The predicted molar refractivity (Wildman–Crippen MR) is 94.7 cm³/mol. The van der Waals surface area contributed by atoms with Gasteiger partial charge in [0.15, 0.2) is 0 Å². The first-order valence-electron chi connectivity index (χ1n) is 8.05. The van der Waals surface area contributed by atoms with Crippen molar-refractivity contribution in [2.75, 3.05) is 45.1 Å². The normalized spacial score (nSPS) is 16.9. The van der Waals surface area contributed by atoms with E-state index in [9.17, 15) is 13.2 Å². The van der Waals surface area contributed by atoms with Gasteiger partial charge in [-0.25, -0.2) is 8.42 Å². The van der Waals surface area contributed by atoms with Crippen LogP contribution in [-0.2, 0) is 14.8 Å². The minimum absolute atomic E-state index is 0.0504. The summed E-state index contributed by atoms with van der Waals surface area (Å²) in [5.41, 5.74) is 1.04. The van der Waals surface area contributed by atoms with Crippen LogP contribution in [0.15, 0.2) is 29.2 Å². The number of amides is 1. The molecule has 0 radical (unpaired) electrons. The lowest BCUT2D eigenvalue weighted by atomic mass is 10.2. The highest BCUT2D eigenvalue weighted by Gasteiger charge is 2.28. The van der Waals surface area contributed by atoms with Gasteiger partial charge >= 0.3 is 0 Å². The van der Waals surface area contributed by atoms with Crippen molar-refractivity contribution in [3.8, 4) is 0 Å². The summed E-state index contributed by atoms with van der Waals surface area (Å²) in [5, 5.41) is 2.81. The van der Waals surface area contributed by atoms with E-state index in [1.807, 2.05) is 19.1 Å². The number of nitrogens with one attached hydrogen (secondary N) is 1. The topological polar surface area (TPSA) is 69.7 Å². The monoisotopic (exact) mass is 373 g/mol. The maximum absolute atomic E-state index is 12.6. The van der Waals surface area contributed by atoms with E-state index < -0.39 is 10.0 Å². The molecule has 1 amide bonds. The molecule has 1 aromatic rings. The van der Waals surface area contributed by atoms with Crippen LogP contribution in [0, 0.1) is 6.92 Å². The minimum Gasteiger partial charge on any atom is -0.355 e. The van der Waals surface area contributed by atoms with Crippen LogP contribution in [-0.4, -0.2) is 68.7 Å². The van der Waals surface area contributed by atoms with Gasteiger partial charge in [0.1, 0.15) is 0 Å². The molecule has 1 heterocycles. The highest BCUT2D eigenvalue weighted by atomic mass is 35.5. The number of carbonyl (C=O) groups excluding carboxylic acids is 1. The summed E-state index contributed by atoms with van der Waals surface area (Å²) < 4.78 is 26.8. The number of halogens is 1. The first-order chi connectivity index (χ1) is 11.4. The van der Waals surface area contributed by atoms with Gasteiger partial charge in [-0.2, -0.15) is 4.31 Å². The zero-order valence-corrected chi connectivity index (χ0v) is 15.4. The van der Waals surface area contributed by atoms with E-state index in [1.165, 1.54) is 4.31 Å². The molecule has 1 saturated heterocycles. The number of rotatable bonds is 7. The van der Waals surface area contributed by atoms with Crippen molar-refractivity contribution in [2.45, 2.75) is 18.2 Å². The van der Waals surface area contributed by atoms with E-state index in [-0.39, 0.29) is 5.91 Å². The van der Waals surface area contributed by atoms with E-state index in [2.05, 4.69) is 10.2 Å². The van der Waals surface area contributed by atoms with Crippen molar-refractivity contribution in [1.82, 2.24) is 14.5 Å². The summed E-state index contributed by atoms with van der Waals surface area (Å²) in [6, 6.07) is 6.94. The van der Waals surface area contributed by atoms with Crippen LogP contribution < -0.4 is 5.32 Å². The van der Waals surface area contributed by atoms with Crippen LogP contribution in [0.25, 0.3) is 0 Å². The number of aryl methyl sites for hydroxylation is 1. The molecular formula is C16H24ClN3O3S. The number of sulfonamides is 1. The largest absolute Gasteiger partial charge is 0.355 e. The summed E-state index contributed by atoms with van der Waals surface area (Å²) in [6.45, 7) is 5.46. The van der Waals surface area contributed by atoms with Crippen LogP contribution in [0.5, 0.6) is 0 Å². The molecule has 0 atom stereocenters. The van der Waals surface area contributed by atoms with Crippen LogP contribution in [0.3, 0.4) is 0 Å². The Morgan fingerprint density at radius 1 is 1.17 bits per heavy atom. The predicted octanol–water partition coefficient (Wildman–Crippen LogP) is 1.05. The van der Waals surface area contributed by atoms with E-state index in [1.54, 1.807) is 12.1 Å². The van der Waals surface area contributed by atoms with Crippen molar-refractivity contribution in [1.29, 1.82) is 0 Å². The van der Waals surface area contributed by atoms with Gasteiger partial charge in [0.05, 0.1) is 4.90 Å². The summed E-state index contributed by atoms with van der Waals surface area (Å²) in [5.74, 6) is 0.270. The van der Waals surface area contributed by atoms with E-state index in [0.29, 0.717) is 56.5 Å². The molecule has 1 aliphatic rings. The van der Waals surface area contributed by atoms with Gasteiger partial charge in [-0.05, 0) is 19.1 Å². The van der Waals surface area contributed by atoms with Crippen molar-refractivity contribution in [3.63, 3.8) is 0 Å². The second-order valence-corrected chi connectivity index (χ2v) is 8.16. The number of alkyl halides is 1. The molecule has 1 fully saturated rings. The number of benzene rings is 1. The van der Waals surface area contributed by atoms with Gasteiger partial charge < -0.3 is 5.32 Å². The zero-order chi connectivity index (χ0) is 17.6. The lowest BCUT2D eigenvalue weighted by molar-refractivity contribution is -0.120. The Hall–Kier alpha value is -1.15. The lowest BCUT2D eigenvalue weighted by Gasteiger charge is -2.34. The summed E-state index contributed by atoms with van der Waals surface area (Å²) in [6.07, 6.45) is 0.324. The second-order valence-electron chi connectivity index (χ2n) is 5.85. The third-order valence-corrected chi connectivity index (χ3v) is 6.16. The van der Waals surface area contributed by atoms with Crippen molar-refractivity contribution in [2.24, 2.45) is 0 Å². The molecule has 0 aromatic heterocycles. The Balaban J connectivity index is 1.81. The van der Waals surface area contributed by atoms with Gasteiger partial charge in [-0.3, -0.25) is 9.69 Å². The molecule has 0 aliphatic carbocycles. The molecule has 0 unspecified atom stereocenters. The molecule has 0 saturated carbocycles. The molecule has 1 N–H and O–H groups in total. The Morgan fingerprint density at radius 2 is 1.79 bits per heavy atom. The van der Waals surface area contributed by atoms with Crippen molar-refractivity contribution >= 4 is 27.5 Å². The molecule has 134 valence electrons. The van der Waals surface area contributed by atoms with Gasteiger partial charge in [0.2, 0.25) is 15.9 Å². The van der Waals surface area contributed by atoms with Gasteiger partial charge in [-0.1, -0.05) is 17.7 Å². The zero-order valence-electron chi connectivity index (χ0n) is 13.9. The highest BCUT2D eigenvalue weighted by molar-refractivity contribution is 7.89. The molecule has 6 nitrogen and oxygen atoms in total. The maximum atomic E-state index is 12.6. The van der Waals surface area contributed by atoms with Gasteiger partial charge in [-0.15, -0.1) is 11.6 Å². The Kier molecular flexibility index (Phi) is 7.03. The molecule has 1 aromatic carbocycles. The second kappa shape index (κ2) is 8.80. The SMILES string of the molecule is Cc1ccc(S(=O)(=O)N2CCN(CCNC(=O)CCCl)CC2)cc1. The molecule has 0 spiro atoms. The highest BCUT2D eigenvalue weighted by Crippen LogP contribution is 2.18. The number of hydrogen-bond acceptors (Lipinski definition) is 4. The average molecular weight is 374 g/mol. The van der Waals surface area contributed by atoms with E-state index in [0.717, 1.165) is 5.56 Å². The number of hydrogen-bond donors (Lipinski definition) is 1. The average Bonchev–Trinajstić information content (AvgIpc) is 2.56. The fraction of sp³-hybridized carbons (Fsp3) is 0.562. The Labute approximate surface area is 148 Å². The summed E-state index contributed by atoms with van der Waals surface area (Å²) in [7, 11) is -3.42. The van der Waals surface area contributed by atoms with Gasteiger partial charge in [0.25, 0.3) is 0 Å². The smallest absolute Gasteiger partial charge is 0.243 e. The summed E-state index contributed by atoms with van der Waals surface area (Å²) >= 11 is 5.51.